The zero-order chi connectivity index (χ0) is 17.4. The SMILES string of the molecule is CC(CC(=O)Nc1cccc(Cl)c1)Nc1ccc(OCCO)cc1. The first kappa shape index (κ1) is 18.1. The van der Waals surface area contributed by atoms with Gasteiger partial charge >= 0.3 is 0 Å². The molecule has 3 N–H and O–H groups in total. The second-order valence-corrected chi connectivity index (χ2v) is 5.84. The highest BCUT2D eigenvalue weighted by Gasteiger charge is 2.09. The number of benzene rings is 2. The zero-order valence-corrected chi connectivity index (χ0v) is 14.2. The highest BCUT2D eigenvalue weighted by Crippen LogP contribution is 2.18. The maximum atomic E-state index is 12.1. The van der Waals surface area contributed by atoms with Crippen molar-refractivity contribution < 1.29 is 14.6 Å². The first-order valence-corrected chi connectivity index (χ1v) is 8.10. The summed E-state index contributed by atoms with van der Waals surface area (Å²) in [4.78, 5) is 12.1. The van der Waals surface area contributed by atoms with Gasteiger partial charge in [-0.1, -0.05) is 17.7 Å². The van der Waals surface area contributed by atoms with Gasteiger partial charge in [-0.15, -0.1) is 0 Å². The highest BCUT2D eigenvalue weighted by atomic mass is 35.5. The van der Waals surface area contributed by atoms with Gasteiger partial charge in [0, 0.05) is 28.9 Å². The maximum absolute atomic E-state index is 12.1. The quantitative estimate of drug-likeness (QED) is 0.682. The maximum Gasteiger partial charge on any atom is 0.226 e. The molecule has 0 aliphatic carbocycles. The Kier molecular flexibility index (Phi) is 6.90. The Bertz CT molecular complexity index is 662. The molecule has 0 heterocycles. The third kappa shape index (κ3) is 6.10. The number of aliphatic hydroxyl groups is 1. The van der Waals surface area contributed by atoms with E-state index < -0.39 is 0 Å². The van der Waals surface area contributed by atoms with Crippen molar-refractivity contribution in [2.75, 3.05) is 23.8 Å². The van der Waals surface area contributed by atoms with E-state index in [1.165, 1.54) is 0 Å². The molecule has 0 spiro atoms. The molecule has 1 amide bonds. The van der Waals surface area contributed by atoms with E-state index in [9.17, 15) is 4.79 Å². The van der Waals surface area contributed by atoms with Crippen LogP contribution in [0.1, 0.15) is 13.3 Å². The van der Waals surface area contributed by atoms with Crippen LogP contribution in [0, 0.1) is 0 Å². The number of hydrogen-bond donors (Lipinski definition) is 3. The minimum atomic E-state index is -0.0832. The molecule has 6 heteroatoms. The minimum absolute atomic E-state index is 0.0151. The summed E-state index contributed by atoms with van der Waals surface area (Å²) < 4.78 is 5.30. The fraction of sp³-hybridized carbons (Fsp3) is 0.278. The van der Waals surface area contributed by atoms with E-state index in [0.717, 1.165) is 5.69 Å². The number of aliphatic hydroxyl groups excluding tert-OH is 1. The second kappa shape index (κ2) is 9.15. The van der Waals surface area contributed by atoms with Crippen LogP contribution in [0.5, 0.6) is 5.75 Å². The number of anilines is 2. The predicted octanol–water partition coefficient (Wildman–Crippen LogP) is 3.54. The number of amides is 1. The number of rotatable bonds is 8. The molecule has 0 bridgehead atoms. The molecular weight excluding hydrogens is 328 g/mol. The molecule has 0 aromatic heterocycles. The number of hydrogen-bond acceptors (Lipinski definition) is 4. The van der Waals surface area contributed by atoms with Crippen molar-refractivity contribution in [2.45, 2.75) is 19.4 Å². The summed E-state index contributed by atoms with van der Waals surface area (Å²) in [6.07, 6.45) is 0.329. The molecule has 2 rings (SSSR count). The Hall–Kier alpha value is -2.24. The van der Waals surface area contributed by atoms with Gasteiger partial charge in [-0.3, -0.25) is 4.79 Å². The zero-order valence-electron chi connectivity index (χ0n) is 13.5. The highest BCUT2D eigenvalue weighted by molar-refractivity contribution is 6.30. The summed E-state index contributed by atoms with van der Waals surface area (Å²) in [5, 5.41) is 15.4. The monoisotopic (exact) mass is 348 g/mol. The summed E-state index contributed by atoms with van der Waals surface area (Å²) in [6.45, 7) is 2.19. The molecule has 0 aliphatic rings. The average Bonchev–Trinajstić information content (AvgIpc) is 2.54. The van der Waals surface area contributed by atoms with E-state index >= 15 is 0 Å². The number of halogens is 1. The van der Waals surface area contributed by atoms with Crippen molar-refractivity contribution in [1.29, 1.82) is 0 Å². The van der Waals surface area contributed by atoms with Gasteiger partial charge in [-0.2, -0.15) is 0 Å². The van der Waals surface area contributed by atoms with Gasteiger partial charge in [-0.25, -0.2) is 0 Å². The van der Waals surface area contributed by atoms with E-state index in [4.69, 9.17) is 21.4 Å². The standard InChI is InChI=1S/C18H21ClN2O3/c1-13(11-18(23)21-16-4-2-3-14(19)12-16)20-15-5-7-17(8-6-15)24-10-9-22/h2-8,12-13,20,22H,9-11H2,1H3,(H,21,23). The van der Waals surface area contributed by atoms with Crippen LogP contribution in [0.25, 0.3) is 0 Å². The number of carbonyl (C=O) groups excluding carboxylic acids is 1. The summed E-state index contributed by atoms with van der Waals surface area (Å²) in [5.41, 5.74) is 1.58. The normalized spacial score (nSPS) is 11.6. The molecule has 128 valence electrons. The summed E-state index contributed by atoms with van der Waals surface area (Å²) >= 11 is 5.90. The fourth-order valence-electron chi connectivity index (χ4n) is 2.20. The molecule has 1 atom stereocenters. The number of ether oxygens (including phenoxy) is 1. The van der Waals surface area contributed by atoms with Gasteiger partial charge in [0.2, 0.25) is 5.91 Å². The van der Waals surface area contributed by atoms with Crippen molar-refractivity contribution in [2.24, 2.45) is 0 Å². The third-order valence-electron chi connectivity index (χ3n) is 3.23. The summed E-state index contributed by atoms with van der Waals surface area (Å²) in [6, 6.07) is 14.4. The number of nitrogens with one attached hydrogen (secondary N) is 2. The lowest BCUT2D eigenvalue weighted by Crippen LogP contribution is -2.23. The first-order chi connectivity index (χ1) is 11.6. The van der Waals surface area contributed by atoms with E-state index in [-0.39, 0.29) is 25.2 Å². The minimum Gasteiger partial charge on any atom is -0.491 e. The molecule has 0 aliphatic heterocycles. The Morgan fingerprint density at radius 1 is 1.21 bits per heavy atom. The molecule has 0 saturated heterocycles. The van der Waals surface area contributed by atoms with Crippen LogP contribution in [0.3, 0.4) is 0 Å². The molecule has 0 saturated carbocycles. The van der Waals surface area contributed by atoms with Crippen molar-refractivity contribution >= 4 is 28.9 Å². The smallest absolute Gasteiger partial charge is 0.226 e. The Morgan fingerprint density at radius 3 is 2.62 bits per heavy atom. The van der Waals surface area contributed by atoms with Gasteiger partial charge in [0.1, 0.15) is 12.4 Å². The summed E-state index contributed by atoms with van der Waals surface area (Å²) in [5.74, 6) is 0.612. The van der Waals surface area contributed by atoms with Gasteiger partial charge in [0.05, 0.1) is 6.61 Å². The molecule has 5 nitrogen and oxygen atoms in total. The average molecular weight is 349 g/mol. The van der Waals surface area contributed by atoms with E-state index in [1.54, 1.807) is 24.3 Å². The largest absolute Gasteiger partial charge is 0.491 e. The Balaban J connectivity index is 1.81. The van der Waals surface area contributed by atoms with Gasteiger partial charge in [0.15, 0.2) is 0 Å². The first-order valence-electron chi connectivity index (χ1n) is 7.72. The van der Waals surface area contributed by atoms with Crippen molar-refractivity contribution in [3.05, 3.63) is 53.6 Å². The van der Waals surface area contributed by atoms with Crippen molar-refractivity contribution in [1.82, 2.24) is 0 Å². The fourth-order valence-corrected chi connectivity index (χ4v) is 2.39. The predicted molar refractivity (Wildman–Crippen MR) is 96.8 cm³/mol. The van der Waals surface area contributed by atoms with Crippen LogP contribution in [0.2, 0.25) is 5.02 Å². The molecule has 0 fully saturated rings. The molecule has 2 aromatic carbocycles. The van der Waals surface area contributed by atoms with Crippen molar-refractivity contribution in [3.8, 4) is 5.75 Å². The van der Waals surface area contributed by atoms with Crippen LogP contribution in [0.15, 0.2) is 48.5 Å². The van der Waals surface area contributed by atoms with Crippen LogP contribution >= 0.6 is 11.6 Å². The van der Waals surface area contributed by atoms with Crippen LogP contribution < -0.4 is 15.4 Å². The van der Waals surface area contributed by atoms with Crippen LogP contribution in [-0.2, 0) is 4.79 Å². The van der Waals surface area contributed by atoms with Crippen molar-refractivity contribution in [3.63, 3.8) is 0 Å². The topological polar surface area (TPSA) is 70.6 Å². The van der Waals surface area contributed by atoms with Crippen LogP contribution in [0.4, 0.5) is 11.4 Å². The summed E-state index contributed by atoms with van der Waals surface area (Å²) in [7, 11) is 0. The number of carbonyl (C=O) groups is 1. The lowest BCUT2D eigenvalue weighted by molar-refractivity contribution is -0.116. The van der Waals surface area contributed by atoms with Gasteiger partial charge in [0.25, 0.3) is 0 Å². The lowest BCUT2D eigenvalue weighted by Gasteiger charge is -2.15. The van der Waals surface area contributed by atoms with E-state index in [2.05, 4.69) is 10.6 Å². The van der Waals surface area contributed by atoms with Crippen LogP contribution in [-0.4, -0.2) is 30.3 Å². The molecular formula is C18H21ClN2O3. The Labute approximate surface area is 146 Å². The van der Waals surface area contributed by atoms with E-state index in [1.807, 2.05) is 31.2 Å². The molecule has 0 radical (unpaired) electrons. The molecule has 2 aromatic rings. The molecule has 1 unspecified atom stereocenters. The van der Waals surface area contributed by atoms with Gasteiger partial charge < -0.3 is 20.5 Å². The van der Waals surface area contributed by atoms with Gasteiger partial charge in [-0.05, 0) is 49.4 Å². The lowest BCUT2D eigenvalue weighted by atomic mass is 10.2. The molecule has 24 heavy (non-hydrogen) atoms. The third-order valence-corrected chi connectivity index (χ3v) is 3.46. The van der Waals surface area contributed by atoms with E-state index in [0.29, 0.717) is 22.9 Å². The Morgan fingerprint density at radius 2 is 1.96 bits per heavy atom. The second-order valence-electron chi connectivity index (χ2n) is 5.40.